The Morgan fingerprint density at radius 1 is 0.970 bits per heavy atom. The van der Waals surface area contributed by atoms with Crippen molar-refractivity contribution in [2.75, 3.05) is 50.6 Å². The zero-order valence-electron chi connectivity index (χ0n) is 18.8. The van der Waals surface area contributed by atoms with Crippen LogP contribution in [0.1, 0.15) is 5.56 Å². The molecule has 1 saturated heterocycles. The molecule has 0 saturated carbocycles. The van der Waals surface area contributed by atoms with Crippen molar-refractivity contribution in [3.05, 3.63) is 59.1 Å². The Bertz CT molecular complexity index is 1130. The summed E-state index contributed by atoms with van der Waals surface area (Å²) in [5.41, 5.74) is 3.17. The lowest BCUT2D eigenvalue weighted by Crippen LogP contribution is -2.50. The van der Waals surface area contributed by atoms with E-state index in [1.54, 1.807) is 25.2 Å². The Balaban J connectivity index is 1.38. The zero-order chi connectivity index (χ0) is 23.4. The van der Waals surface area contributed by atoms with E-state index in [1.165, 1.54) is 0 Å². The van der Waals surface area contributed by atoms with Crippen molar-refractivity contribution in [1.29, 1.82) is 0 Å². The van der Waals surface area contributed by atoms with Crippen LogP contribution in [-0.2, 0) is 0 Å². The van der Waals surface area contributed by atoms with Crippen molar-refractivity contribution in [2.45, 2.75) is 6.92 Å². The topological polar surface area (TPSA) is 79.8 Å². The van der Waals surface area contributed by atoms with Gasteiger partial charge in [-0.2, -0.15) is 0 Å². The standard InChI is InChI=1S/C24H26ClN5O3/c1-16-4-5-17(14-20(16)25)26-24(31)30-12-10-29(11-13-30)23-9-7-21(27-28-23)19-15-18(32-2)6-8-22(19)33-3/h4-9,14-15H,10-13H2,1-3H3,(H,26,31). The molecule has 0 atom stereocenters. The normalized spacial score (nSPS) is 13.6. The Hall–Kier alpha value is -3.52. The van der Waals surface area contributed by atoms with E-state index in [4.69, 9.17) is 21.1 Å². The highest BCUT2D eigenvalue weighted by Gasteiger charge is 2.22. The quantitative estimate of drug-likeness (QED) is 0.596. The van der Waals surface area contributed by atoms with Crippen LogP contribution in [0.2, 0.25) is 5.02 Å². The number of urea groups is 1. The molecule has 3 aromatic rings. The van der Waals surface area contributed by atoms with E-state index in [9.17, 15) is 4.79 Å². The van der Waals surface area contributed by atoms with Gasteiger partial charge in [-0.3, -0.25) is 0 Å². The summed E-state index contributed by atoms with van der Waals surface area (Å²) in [5, 5.41) is 12.4. The Morgan fingerprint density at radius 3 is 2.39 bits per heavy atom. The third-order valence-corrected chi connectivity index (χ3v) is 6.05. The van der Waals surface area contributed by atoms with Crippen LogP contribution in [0.4, 0.5) is 16.3 Å². The number of anilines is 2. The van der Waals surface area contributed by atoms with Gasteiger partial charge in [-0.05, 0) is 55.0 Å². The zero-order valence-corrected chi connectivity index (χ0v) is 19.6. The molecule has 2 amide bonds. The number of benzene rings is 2. The molecule has 33 heavy (non-hydrogen) atoms. The fourth-order valence-corrected chi connectivity index (χ4v) is 3.84. The van der Waals surface area contributed by atoms with Crippen LogP contribution in [0.3, 0.4) is 0 Å². The molecular formula is C24H26ClN5O3. The van der Waals surface area contributed by atoms with Crippen LogP contribution < -0.4 is 19.7 Å². The van der Waals surface area contributed by atoms with E-state index in [-0.39, 0.29) is 6.03 Å². The molecule has 1 aliphatic heterocycles. The van der Waals surface area contributed by atoms with Crippen molar-refractivity contribution in [2.24, 2.45) is 0 Å². The maximum atomic E-state index is 12.6. The lowest BCUT2D eigenvalue weighted by Gasteiger charge is -2.35. The highest BCUT2D eigenvalue weighted by atomic mass is 35.5. The van der Waals surface area contributed by atoms with Gasteiger partial charge in [0.2, 0.25) is 0 Å². The minimum absolute atomic E-state index is 0.138. The number of amides is 2. The van der Waals surface area contributed by atoms with Crippen LogP contribution in [0, 0.1) is 6.92 Å². The third-order valence-electron chi connectivity index (χ3n) is 5.65. The van der Waals surface area contributed by atoms with Gasteiger partial charge >= 0.3 is 6.03 Å². The molecule has 1 aliphatic rings. The summed E-state index contributed by atoms with van der Waals surface area (Å²) >= 11 is 6.15. The Kier molecular flexibility index (Phi) is 6.84. The molecule has 2 heterocycles. The van der Waals surface area contributed by atoms with Crippen LogP contribution in [0.15, 0.2) is 48.5 Å². The molecule has 1 aromatic heterocycles. The van der Waals surface area contributed by atoms with Crippen molar-refractivity contribution >= 4 is 29.1 Å². The summed E-state index contributed by atoms with van der Waals surface area (Å²) < 4.78 is 10.8. The number of aromatic nitrogens is 2. The SMILES string of the molecule is COc1ccc(OC)c(-c2ccc(N3CCN(C(=O)Nc4ccc(C)c(Cl)c4)CC3)nn2)c1. The van der Waals surface area contributed by atoms with Gasteiger partial charge in [0.05, 0.1) is 19.9 Å². The van der Waals surface area contributed by atoms with Gasteiger partial charge in [-0.1, -0.05) is 17.7 Å². The number of carbonyl (C=O) groups is 1. The number of carbonyl (C=O) groups excluding carboxylic acids is 1. The van der Waals surface area contributed by atoms with Crippen LogP contribution in [0.5, 0.6) is 11.5 Å². The van der Waals surface area contributed by atoms with Crippen molar-refractivity contribution in [3.8, 4) is 22.8 Å². The average molecular weight is 468 g/mol. The van der Waals surface area contributed by atoms with Gasteiger partial charge in [0.25, 0.3) is 0 Å². The van der Waals surface area contributed by atoms with E-state index in [1.807, 2.05) is 49.4 Å². The number of ether oxygens (including phenoxy) is 2. The molecule has 1 N–H and O–H groups in total. The first kappa shape index (κ1) is 22.7. The number of piperazine rings is 1. The molecule has 0 radical (unpaired) electrons. The number of nitrogens with one attached hydrogen (secondary N) is 1. The molecule has 172 valence electrons. The second-order valence-corrected chi connectivity index (χ2v) is 8.12. The molecule has 0 aliphatic carbocycles. The van der Waals surface area contributed by atoms with Gasteiger partial charge in [0.15, 0.2) is 5.82 Å². The summed E-state index contributed by atoms with van der Waals surface area (Å²) in [4.78, 5) is 16.5. The number of aryl methyl sites for hydroxylation is 1. The molecule has 4 rings (SSSR count). The van der Waals surface area contributed by atoms with Gasteiger partial charge in [-0.15, -0.1) is 10.2 Å². The maximum Gasteiger partial charge on any atom is 0.321 e. The summed E-state index contributed by atoms with van der Waals surface area (Å²) in [6.45, 7) is 4.42. The highest BCUT2D eigenvalue weighted by molar-refractivity contribution is 6.31. The maximum absolute atomic E-state index is 12.6. The number of methoxy groups -OCH3 is 2. The lowest BCUT2D eigenvalue weighted by molar-refractivity contribution is 0.208. The van der Waals surface area contributed by atoms with Gasteiger partial charge < -0.3 is 24.6 Å². The second-order valence-electron chi connectivity index (χ2n) is 7.71. The summed E-state index contributed by atoms with van der Waals surface area (Å²) in [6, 6.07) is 14.8. The van der Waals surface area contributed by atoms with Crippen molar-refractivity contribution in [1.82, 2.24) is 15.1 Å². The molecule has 0 bridgehead atoms. The largest absolute Gasteiger partial charge is 0.497 e. The van der Waals surface area contributed by atoms with Gasteiger partial charge in [0, 0.05) is 42.5 Å². The van der Waals surface area contributed by atoms with Crippen molar-refractivity contribution < 1.29 is 14.3 Å². The highest BCUT2D eigenvalue weighted by Crippen LogP contribution is 2.32. The van der Waals surface area contributed by atoms with Crippen LogP contribution in [0.25, 0.3) is 11.3 Å². The molecule has 1 fully saturated rings. The third kappa shape index (κ3) is 5.12. The van der Waals surface area contributed by atoms with E-state index in [0.717, 1.165) is 22.7 Å². The first-order valence-electron chi connectivity index (χ1n) is 10.6. The number of halogens is 1. The molecular weight excluding hydrogens is 442 g/mol. The molecule has 0 spiro atoms. The van der Waals surface area contributed by atoms with Gasteiger partial charge in [0.1, 0.15) is 11.5 Å². The Morgan fingerprint density at radius 2 is 1.76 bits per heavy atom. The Labute approximate surface area is 198 Å². The molecule has 9 heteroatoms. The smallest absolute Gasteiger partial charge is 0.321 e. The van der Waals surface area contributed by atoms with Gasteiger partial charge in [-0.25, -0.2) is 4.79 Å². The van der Waals surface area contributed by atoms with E-state index < -0.39 is 0 Å². The summed E-state index contributed by atoms with van der Waals surface area (Å²) in [7, 11) is 3.24. The number of hydrogen-bond donors (Lipinski definition) is 1. The first-order chi connectivity index (χ1) is 16.0. The number of hydrogen-bond acceptors (Lipinski definition) is 6. The molecule has 0 unspecified atom stereocenters. The monoisotopic (exact) mass is 467 g/mol. The number of nitrogens with zero attached hydrogens (tertiary/aromatic N) is 4. The minimum atomic E-state index is -0.138. The second kappa shape index (κ2) is 9.95. The van der Waals surface area contributed by atoms with Crippen molar-refractivity contribution in [3.63, 3.8) is 0 Å². The molecule has 8 nitrogen and oxygen atoms in total. The first-order valence-corrected chi connectivity index (χ1v) is 11.0. The number of rotatable bonds is 5. The van der Waals surface area contributed by atoms with Crippen LogP contribution in [-0.4, -0.2) is 61.5 Å². The van der Waals surface area contributed by atoms with E-state index in [0.29, 0.717) is 48.3 Å². The summed E-state index contributed by atoms with van der Waals surface area (Å²) in [5.74, 6) is 2.19. The molecule has 2 aromatic carbocycles. The van der Waals surface area contributed by atoms with E-state index in [2.05, 4.69) is 20.4 Å². The predicted molar refractivity (Wildman–Crippen MR) is 130 cm³/mol. The fraction of sp³-hybridized carbons (Fsp3) is 0.292. The lowest BCUT2D eigenvalue weighted by atomic mass is 10.1. The minimum Gasteiger partial charge on any atom is -0.497 e. The average Bonchev–Trinajstić information content (AvgIpc) is 2.86. The fourth-order valence-electron chi connectivity index (χ4n) is 3.66. The van der Waals surface area contributed by atoms with E-state index >= 15 is 0 Å². The van der Waals surface area contributed by atoms with Crippen LogP contribution >= 0.6 is 11.6 Å². The summed E-state index contributed by atoms with van der Waals surface area (Å²) in [6.07, 6.45) is 0. The predicted octanol–water partition coefficient (Wildman–Crippen LogP) is 4.48.